The second kappa shape index (κ2) is 55.3. The van der Waals surface area contributed by atoms with Gasteiger partial charge in [0.05, 0.1) is 6.20 Å². The monoisotopic (exact) mass is 1350 g/mol. The Labute approximate surface area is 595 Å². The fourth-order valence-electron chi connectivity index (χ4n) is 8.81. The number of aryl methyl sites for hydroxylation is 9. The van der Waals surface area contributed by atoms with Crippen LogP contribution < -0.4 is 20.4 Å². The van der Waals surface area contributed by atoms with Crippen molar-refractivity contribution in [1.82, 2.24) is 30.0 Å². The summed E-state index contributed by atoms with van der Waals surface area (Å²) in [5, 5.41) is 9.31. The Morgan fingerprint density at radius 2 is 1.01 bits per heavy atom. The molecule has 6 aromatic carbocycles. The molecule has 0 unspecified atom stereocenters. The largest absolute Gasteiger partial charge is 0.388 e. The maximum atomic E-state index is 12.4. The van der Waals surface area contributed by atoms with Crippen molar-refractivity contribution in [2.75, 3.05) is 139 Å². The van der Waals surface area contributed by atoms with Gasteiger partial charge in [0.25, 0.3) is 5.92 Å². The zero-order valence-corrected chi connectivity index (χ0v) is 65.7. The minimum absolute atomic E-state index is 0.0312. The SMILES string of the molecule is CC1CCCCC1.CCc1cccc(N(C)C)c1.CN(C)C.CN1CCC(F)(F)CC1.CN1CCN(c2cnccn2)CC1.CNC.CNc1ccc2ccsc2c1.COCCC(C)C.Cc1ccc(C)cc1.Cc1ccc(C)cc1.Cc1ccc(C)cc1.Cc1ccc(C)cc1. The number of methoxy groups -OCH3 is 1. The van der Waals surface area contributed by atoms with E-state index in [4.69, 9.17) is 4.74 Å². The molecule has 2 N–H and O–H groups in total. The van der Waals surface area contributed by atoms with Crippen molar-refractivity contribution >= 4 is 38.6 Å². The second-order valence-electron chi connectivity index (χ2n) is 26.7. The first-order valence-corrected chi connectivity index (χ1v) is 35.9. The molecule has 540 valence electrons. The first-order valence-electron chi connectivity index (χ1n) is 35.1. The topological polar surface area (TPSA) is 75.3 Å². The van der Waals surface area contributed by atoms with Crippen LogP contribution in [0.5, 0.6) is 0 Å². The lowest BCUT2D eigenvalue weighted by Gasteiger charge is -2.32. The van der Waals surface area contributed by atoms with Gasteiger partial charge in [0, 0.05) is 115 Å². The van der Waals surface area contributed by atoms with E-state index < -0.39 is 5.92 Å². The third-order valence-corrected chi connectivity index (χ3v) is 16.2. The zero-order chi connectivity index (χ0) is 73.0. The van der Waals surface area contributed by atoms with E-state index in [1.165, 1.54) is 110 Å². The molecule has 1 aliphatic carbocycles. The molecule has 0 radical (unpaired) electrons. The zero-order valence-electron chi connectivity index (χ0n) is 64.8. The number of nitrogens with zero attached hydrogens (tertiary/aromatic N) is 7. The van der Waals surface area contributed by atoms with Crippen molar-refractivity contribution in [2.24, 2.45) is 11.8 Å². The van der Waals surface area contributed by atoms with Crippen LogP contribution in [0.3, 0.4) is 0 Å². The standard InChI is InChI=1S/C10H15N.C9H14N4.C9H9NS.4C8H10.C7H14.C6H11F2N.C6H14O.C3H9N.C2H7N/c1-4-9-6-5-7-10(8-9)11(2)3;1-12-4-6-13(7-5-12)9-8-10-2-3-11-9;1-10-8-3-2-7-4-5-11-9(7)6-8;4*1-7-3-5-8(2)6-4-7;1-7-5-3-2-4-6-7;1-9-4-2-6(7,8)3-5-9;1-6(2)4-5-7-3;1-4(2)3;1-3-2/h5-8H,4H2,1-3H3;2-3,8H,4-7H2,1H3;2-6,10H,1H3;4*3-6H,1-2H3;7H,2-6H2,1H3;2-5H2,1H3;6H,4-5H2,1-3H3;1-3H3;3H,1-2H3. The van der Waals surface area contributed by atoms with Crippen LogP contribution in [0, 0.1) is 67.2 Å². The third kappa shape index (κ3) is 50.4. The smallest absolute Gasteiger partial charge is 0.250 e. The van der Waals surface area contributed by atoms with Crippen LogP contribution in [-0.4, -0.2) is 154 Å². The number of alkyl halides is 2. The molecule has 4 heterocycles. The van der Waals surface area contributed by atoms with Gasteiger partial charge in [-0.2, -0.15) is 0 Å². The fourth-order valence-corrected chi connectivity index (χ4v) is 9.64. The molecule has 2 aromatic heterocycles. The van der Waals surface area contributed by atoms with E-state index in [-0.39, 0.29) is 12.8 Å². The molecule has 0 amide bonds. The van der Waals surface area contributed by atoms with Gasteiger partial charge in [0.15, 0.2) is 0 Å². The molecule has 8 aromatic rings. The maximum Gasteiger partial charge on any atom is 0.250 e. The highest BCUT2D eigenvalue weighted by Crippen LogP contribution is 2.27. The molecule has 0 bridgehead atoms. The highest BCUT2D eigenvalue weighted by atomic mass is 32.1. The van der Waals surface area contributed by atoms with Gasteiger partial charge in [0.1, 0.15) is 5.82 Å². The van der Waals surface area contributed by atoms with Crippen LogP contribution in [-0.2, 0) is 11.2 Å². The molecule has 11 rings (SSSR count). The molecular formula is C84H133F2N9OS. The molecule has 10 nitrogen and oxygen atoms in total. The molecule has 13 heteroatoms. The van der Waals surface area contributed by atoms with Crippen molar-refractivity contribution in [3.05, 3.63) is 220 Å². The quantitative estimate of drug-likeness (QED) is 0.161. The number of fused-ring (bicyclic) bond motifs is 1. The number of ether oxygens (including phenoxy) is 1. The van der Waals surface area contributed by atoms with E-state index in [1.54, 1.807) is 30.8 Å². The van der Waals surface area contributed by atoms with E-state index >= 15 is 0 Å². The second-order valence-corrected chi connectivity index (χ2v) is 27.7. The van der Waals surface area contributed by atoms with E-state index in [9.17, 15) is 8.78 Å². The van der Waals surface area contributed by atoms with E-state index in [0.29, 0.717) is 13.1 Å². The number of hydrogen-bond donors (Lipinski definition) is 2. The number of likely N-dealkylation sites (tertiary alicyclic amines) is 1. The molecule has 2 aliphatic heterocycles. The third-order valence-electron chi connectivity index (χ3n) is 15.3. The molecular weight excluding hydrogens is 1220 g/mol. The summed E-state index contributed by atoms with van der Waals surface area (Å²) in [4.78, 5) is 19.0. The van der Waals surface area contributed by atoms with Crippen molar-refractivity contribution in [3.8, 4) is 0 Å². The number of thiophene rings is 1. The Morgan fingerprint density at radius 3 is 1.33 bits per heavy atom. The number of halogens is 2. The van der Waals surface area contributed by atoms with Crippen LogP contribution in [0.25, 0.3) is 10.1 Å². The molecule has 2 saturated heterocycles. The molecule has 3 fully saturated rings. The lowest BCUT2D eigenvalue weighted by Crippen LogP contribution is -2.44. The number of nitrogens with one attached hydrogen (secondary N) is 2. The van der Waals surface area contributed by atoms with Gasteiger partial charge >= 0.3 is 0 Å². The minimum Gasteiger partial charge on any atom is -0.388 e. The summed E-state index contributed by atoms with van der Waals surface area (Å²) in [7, 11) is 21.6. The fraction of sp³-hybridized carbons (Fsp3) is 0.500. The van der Waals surface area contributed by atoms with Crippen molar-refractivity contribution in [2.45, 2.75) is 147 Å². The Morgan fingerprint density at radius 1 is 0.588 bits per heavy atom. The summed E-state index contributed by atoms with van der Waals surface area (Å²) < 4.78 is 30.9. The van der Waals surface area contributed by atoms with Crippen molar-refractivity contribution in [3.63, 3.8) is 0 Å². The van der Waals surface area contributed by atoms with Gasteiger partial charge in [-0.05, 0) is 176 Å². The van der Waals surface area contributed by atoms with Crippen molar-refractivity contribution in [1.29, 1.82) is 0 Å². The molecule has 3 aliphatic rings. The number of aromatic nitrogens is 2. The number of likely N-dealkylation sites (N-methyl/N-ethyl adjacent to an activating group) is 1. The van der Waals surface area contributed by atoms with Crippen molar-refractivity contribution < 1.29 is 13.5 Å². The number of rotatable bonds is 7. The van der Waals surface area contributed by atoms with Crippen LogP contribution in [0.15, 0.2) is 170 Å². The molecule has 1 saturated carbocycles. The predicted molar refractivity (Wildman–Crippen MR) is 427 cm³/mol. The van der Waals surface area contributed by atoms with Gasteiger partial charge in [0.2, 0.25) is 0 Å². The van der Waals surface area contributed by atoms with Gasteiger partial charge in [-0.15, -0.1) is 11.3 Å². The molecule has 0 atom stereocenters. The normalized spacial score (nSPS) is 13.6. The maximum absolute atomic E-state index is 12.4. The van der Waals surface area contributed by atoms with Crippen LogP contribution in [0.2, 0.25) is 0 Å². The van der Waals surface area contributed by atoms with Crippen LogP contribution in [0.1, 0.15) is 129 Å². The summed E-state index contributed by atoms with van der Waals surface area (Å²) >= 11 is 1.78. The summed E-state index contributed by atoms with van der Waals surface area (Å²) in [6.45, 7) is 32.0. The lowest BCUT2D eigenvalue weighted by molar-refractivity contribution is -0.0504. The first kappa shape index (κ1) is 90.4. The van der Waals surface area contributed by atoms with Gasteiger partial charge in [-0.3, -0.25) is 4.98 Å². The Balaban J connectivity index is 0.00000105. The number of piperidine rings is 1. The molecule has 97 heavy (non-hydrogen) atoms. The van der Waals surface area contributed by atoms with E-state index in [0.717, 1.165) is 56.9 Å². The number of piperazine rings is 1. The minimum atomic E-state index is -2.38. The van der Waals surface area contributed by atoms with E-state index in [1.807, 2.05) is 65.3 Å². The summed E-state index contributed by atoms with van der Waals surface area (Å²) in [5.74, 6) is 0.427. The first-order chi connectivity index (χ1) is 46.1. The summed E-state index contributed by atoms with van der Waals surface area (Å²) in [5.41, 5.74) is 14.5. The number of anilines is 3. The summed E-state index contributed by atoms with van der Waals surface area (Å²) in [6, 6.07) is 51.1. The van der Waals surface area contributed by atoms with E-state index in [2.05, 4.69) is 291 Å². The summed E-state index contributed by atoms with van der Waals surface area (Å²) in [6.07, 6.45) is 15.1. The highest BCUT2D eigenvalue weighted by Gasteiger charge is 2.32. The average Bonchev–Trinajstić information content (AvgIpc) is 1.80. The Bertz CT molecular complexity index is 2800. The highest BCUT2D eigenvalue weighted by molar-refractivity contribution is 7.17. The molecule has 0 spiro atoms. The number of hydrogen-bond acceptors (Lipinski definition) is 11. The van der Waals surface area contributed by atoms with Gasteiger partial charge < -0.3 is 39.9 Å². The Hall–Kier alpha value is -6.58. The number of benzene rings is 6. The lowest BCUT2D eigenvalue weighted by atomic mass is 9.91. The predicted octanol–water partition coefficient (Wildman–Crippen LogP) is 20.3. The van der Waals surface area contributed by atoms with Gasteiger partial charge in [-0.1, -0.05) is 220 Å². The average molecular weight is 1360 g/mol. The van der Waals surface area contributed by atoms with Crippen LogP contribution in [0.4, 0.5) is 26.0 Å². The Kier molecular flexibility index (Phi) is 51.6. The van der Waals surface area contributed by atoms with Gasteiger partial charge in [-0.25, -0.2) is 13.8 Å². The van der Waals surface area contributed by atoms with Crippen LogP contribution >= 0.6 is 11.3 Å².